The smallest absolute Gasteiger partial charge is 0.327 e. The second kappa shape index (κ2) is 6.01. The largest absolute Gasteiger partial charge is 0.457 e. The van der Waals surface area contributed by atoms with E-state index in [-0.39, 0.29) is 0 Å². The van der Waals surface area contributed by atoms with Gasteiger partial charge in [0.1, 0.15) is 17.3 Å². The lowest BCUT2D eigenvalue weighted by atomic mass is 10.3. The Kier molecular flexibility index (Phi) is 3.74. The van der Waals surface area contributed by atoms with Crippen LogP contribution in [0, 0.1) is 0 Å². The van der Waals surface area contributed by atoms with E-state index in [2.05, 4.69) is 15.3 Å². The first kappa shape index (κ1) is 13.7. The lowest BCUT2D eigenvalue weighted by Gasteiger charge is -2.08. The predicted octanol–water partition coefficient (Wildman–Crippen LogP) is 2.60. The third-order valence-corrected chi connectivity index (χ3v) is 2.87. The monoisotopic (exact) mass is 295 g/mol. The summed E-state index contributed by atoms with van der Waals surface area (Å²) in [7, 11) is 0. The lowest BCUT2D eigenvalue weighted by molar-refractivity contribution is 0.483. The minimum atomic E-state index is -0.556. The van der Waals surface area contributed by atoms with E-state index in [1.54, 1.807) is 24.3 Å². The minimum Gasteiger partial charge on any atom is -0.457 e. The van der Waals surface area contributed by atoms with Crippen molar-refractivity contribution in [1.29, 1.82) is 0 Å². The van der Waals surface area contributed by atoms with Gasteiger partial charge in [-0.1, -0.05) is 18.2 Å². The first-order chi connectivity index (χ1) is 10.7. The molecule has 0 bridgehead atoms. The molecule has 0 aliphatic rings. The molecular formula is C16H13N3O3. The van der Waals surface area contributed by atoms with Crippen molar-refractivity contribution < 1.29 is 4.74 Å². The molecule has 3 rings (SSSR count). The van der Waals surface area contributed by atoms with Crippen molar-refractivity contribution in [3.8, 4) is 11.5 Å². The molecule has 1 heterocycles. The average molecular weight is 295 g/mol. The van der Waals surface area contributed by atoms with Crippen LogP contribution in [0.25, 0.3) is 0 Å². The van der Waals surface area contributed by atoms with Crippen molar-refractivity contribution in [3.05, 3.63) is 81.5 Å². The zero-order valence-electron chi connectivity index (χ0n) is 11.5. The summed E-state index contributed by atoms with van der Waals surface area (Å²) >= 11 is 0. The van der Waals surface area contributed by atoms with Crippen LogP contribution in [-0.2, 0) is 0 Å². The van der Waals surface area contributed by atoms with Gasteiger partial charge in [-0.25, -0.2) is 4.79 Å². The predicted molar refractivity (Wildman–Crippen MR) is 83.9 cm³/mol. The third kappa shape index (κ3) is 3.43. The van der Waals surface area contributed by atoms with Crippen LogP contribution in [0.5, 0.6) is 11.5 Å². The summed E-state index contributed by atoms with van der Waals surface area (Å²) in [5.41, 5.74) is -0.295. The Labute approximate surface area is 125 Å². The van der Waals surface area contributed by atoms with E-state index in [0.29, 0.717) is 11.6 Å². The molecule has 2 aromatic carbocycles. The van der Waals surface area contributed by atoms with Gasteiger partial charge < -0.3 is 10.1 Å². The SMILES string of the molecule is O=c1cc(Nc2ccc(Oc3ccccc3)cc2)[nH]c(=O)[nH]1. The number of H-pyrrole nitrogens is 2. The van der Waals surface area contributed by atoms with Crippen LogP contribution < -0.4 is 21.3 Å². The normalized spacial score (nSPS) is 10.2. The molecule has 3 N–H and O–H groups in total. The highest BCUT2D eigenvalue weighted by Crippen LogP contribution is 2.23. The molecular weight excluding hydrogens is 282 g/mol. The molecule has 6 nitrogen and oxygen atoms in total. The highest BCUT2D eigenvalue weighted by Gasteiger charge is 2.00. The molecule has 3 aromatic rings. The number of anilines is 2. The summed E-state index contributed by atoms with van der Waals surface area (Å²) in [6.07, 6.45) is 0. The molecule has 0 aliphatic heterocycles. The van der Waals surface area contributed by atoms with Gasteiger partial charge >= 0.3 is 5.69 Å². The standard InChI is InChI=1S/C16H13N3O3/c20-15-10-14(18-16(21)19-15)17-11-6-8-13(9-7-11)22-12-4-2-1-3-5-12/h1-10H,(H3,17,18,19,20,21). The van der Waals surface area contributed by atoms with E-state index in [0.717, 1.165) is 11.4 Å². The molecule has 6 heteroatoms. The summed E-state index contributed by atoms with van der Waals surface area (Å²) in [6, 6.07) is 17.9. The van der Waals surface area contributed by atoms with Gasteiger partial charge in [0.25, 0.3) is 5.56 Å². The third-order valence-electron chi connectivity index (χ3n) is 2.87. The molecule has 0 atom stereocenters. The van der Waals surface area contributed by atoms with Gasteiger partial charge in [0, 0.05) is 11.8 Å². The molecule has 0 aliphatic carbocycles. The number of rotatable bonds is 4. The molecule has 0 fully saturated rings. The van der Waals surface area contributed by atoms with Crippen LogP contribution in [0.3, 0.4) is 0 Å². The van der Waals surface area contributed by atoms with Gasteiger partial charge in [0.05, 0.1) is 0 Å². The number of hydrogen-bond acceptors (Lipinski definition) is 4. The molecule has 110 valence electrons. The second-order valence-corrected chi connectivity index (χ2v) is 4.57. The zero-order valence-corrected chi connectivity index (χ0v) is 11.5. The Bertz CT molecular complexity index is 839. The van der Waals surface area contributed by atoms with Crippen LogP contribution >= 0.6 is 0 Å². The Morgan fingerprint density at radius 1 is 0.818 bits per heavy atom. The maximum atomic E-state index is 11.2. The maximum Gasteiger partial charge on any atom is 0.327 e. The molecule has 0 spiro atoms. The summed E-state index contributed by atoms with van der Waals surface area (Å²) < 4.78 is 5.68. The van der Waals surface area contributed by atoms with Gasteiger partial charge in [0.2, 0.25) is 0 Å². The highest BCUT2D eigenvalue weighted by atomic mass is 16.5. The first-order valence-electron chi connectivity index (χ1n) is 6.63. The van der Waals surface area contributed by atoms with Gasteiger partial charge in [-0.3, -0.25) is 14.8 Å². The molecule has 0 radical (unpaired) electrons. The number of aromatic nitrogens is 2. The summed E-state index contributed by atoms with van der Waals surface area (Å²) in [5.74, 6) is 1.77. The number of ether oxygens (including phenoxy) is 1. The van der Waals surface area contributed by atoms with Crippen LogP contribution in [0.4, 0.5) is 11.5 Å². The molecule has 0 saturated carbocycles. The number of benzene rings is 2. The molecule has 0 amide bonds. The fourth-order valence-corrected chi connectivity index (χ4v) is 1.92. The Balaban J connectivity index is 1.74. The quantitative estimate of drug-likeness (QED) is 0.690. The van der Waals surface area contributed by atoms with E-state index in [4.69, 9.17) is 4.74 Å². The van der Waals surface area contributed by atoms with Crippen LogP contribution in [-0.4, -0.2) is 9.97 Å². The van der Waals surface area contributed by atoms with Gasteiger partial charge in [-0.15, -0.1) is 0 Å². The summed E-state index contributed by atoms with van der Waals surface area (Å²) in [6.45, 7) is 0. The second-order valence-electron chi connectivity index (χ2n) is 4.57. The van der Waals surface area contributed by atoms with Gasteiger partial charge in [0.15, 0.2) is 0 Å². The fourth-order valence-electron chi connectivity index (χ4n) is 1.92. The summed E-state index contributed by atoms with van der Waals surface area (Å²) in [4.78, 5) is 27.0. The van der Waals surface area contributed by atoms with E-state index in [1.807, 2.05) is 30.3 Å². The topological polar surface area (TPSA) is 87.0 Å². The number of hydrogen-bond donors (Lipinski definition) is 3. The number of para-hydroxylation sites is 1. The van der Waals surface area contributed by atoms with Crippen LogP contribution in [0.2, 0.25) is 0 Å². The Morgan fingerprint density at radius 3 is 2.18 bits per heavy atom. The van der Waals surface area contributed by atoms with Crippen molar-refractivity contribution in [2.24, 2.45) is 0 Å². The van der Waals surface area contributed by atoms with Crippen molar-refractivity contribution >= 4 is 11.5 Å². The van der Waals surface area contributed by atoms with Gasteiger partial charge in [-0.05, 0) is 36.4 Å². The molecule has 22 heavy (non-hydrogen) atoms. The lowest BCUT2D eigenvalue weighted by Crippen LogP contribution is -2.22. The zero-order chi connectivity index (χ0) is 15.4. The minimum absolute atomic E-state index is 0.325. The van der Waals surface area contributed by atoms with Crippen LogP contribution in [0.1, 0.15) is 0 Å². The van der Waals surface area contributed by atoms with Crippen LogP contribution in [0.15, 0.2) is 70.3 Å². The average Bonchev–Trinajstić information content (AvgIpc) is 2.49. The molecule has 0 saturated heterocycles. The van der Waals surface area contributed by atoms with E-state index in [1.165, 1.54) is 6.07 Å². The van der Waals surface area contributed by atoms with Gasteiger partial charge in [-0.2, -0.15) is 0 Å². The number of aromatic amines is 2. The highest BCUT2D eigenvalue weighted by molar-refractivity contribution is 5.56. The van der Waals surface area contributed by atoms with Crippen molar-refractivity contribution in [3.63, 3.8) is 0 Å². The van der Waals surface area contributed by atoms with Crippen molar-refractivity contribution in [2.75, 3.05) is 5.32 Å². The van der Waals surface area contributed by atoms with Crippen molar-refractivity contribution in [1.82, 2.24) is 9.97 Å². The van der Waals surface area contributed by atoms with E-state index in [9.17, 15) is 9.59 Å². The Hall–Kier alpha value is -3.28. The van der Waals surface area contributed by atoms with Crippen molar-refractivity contribution in [2.45, 2.75) is 0 Å². The number of nitrogens with one attached hydrogen (secondary N) is 3. The fraction of sp³-hybridized carbons (Fsp3) is 0. The first-order valence-corrected chi connectivity index (χ1v) is 6.63. The van der Waals surface area contributed by atoms with E-state index < -0.39 is 11.2 Å². The van der Waals surface area contributed by atoms with E-state index >= 15 is 0 Å². The molecule has 1 aromatic heterocycles. The summed E-state index contributed by atoms with van der Waals surface area (Å²) in [5, 5.41) is 2.95. The maximum absolute atomic E-state index is 11.2. The molecule has 0 unspecified atom stereocenters. The Morgan fingerprint density at radius 2 is 1.50 bits per heavy atom.